The van der Waals surface area contributed by atoms with Gasteiger partial charge in [0.2, 0.25) is 0 Å². The van der Waals surface area contributed by atoms with Crippen LogP contribution in [0.5, 0.6) is 5.75 Å². The molecule has 0 heterocycles. The second-order valence-corrected chi connectivity index (χ2v) is 6.36. The number of carboxylic acid groups (broad SMARTS) is 1. The van der Waals surface area contributed by atoms with Crippen molar-refractivity contribution in [2.24, 2.45) is 0 Å². The summed E-state index contributed by atoms with van der Waals surface area (Å²) in [6, 6.07) is 4.13. The zero-order valence-electron chi connectivity index (χ0n) is 13.5. The number of ether oxygens (including phenoxy) is 1. The van der Waals surface area contributed by atoms with Gasteiger partial charge in [0.15, 0.2) is 0 Å². The summed E-state index contributed by atoms with van der Waals surface area (Å²) < 4.78 is 5.59. The first kappa shape index (κ1) is 15.9. The van der Waals surface area contributed by atoms with Gasteiger partial charge in [-0.3, -0.25) is 4.79 Å². The van der Waals surface area contributed by atoms with Gasteiger partial charge in [-0.1, -0.05) is 45.7 Å². The van der Waals surface area contributed by atoms with E-state index in [0.717, 1.165) is 54.5 Å². The first-order chi connectivity index (χ1) is 9.96. The van der Waals surface area contributed by atoms with Crippen molar-refractivity contribution >= 4 is 5.97 Å². The number of rotatable bonds is 5. The molecule has 0 unspecified atom stereocenters. The van der Waals surface area contributed by atoms with E-state index < -0.39 is 11.4 Å². The molecule has 1 fully saturated rings. The molecule has 0 atom stereocenters. The largest absolute Gasteiger partial charge is 0.496 e. The third-order valence-electron chi connectivity index (χ3n) is 4.82. The molecular formula is C18H26O3. The number of hydrogen-bond donors (Lipinski definition) is 1. The first-order valence-electron chi connectivity index (χ1n) is 7.91. The lowest BCUT2D eigenvalue weighted by atomic mass is 9.76. The van der Waals surface area contributed by atoms with Gasteiger partial charge in [-0.05, 0) is 41.9 Å². The van der Waals surface area contributed by atoms with E-state index in [1.807, 2.05) is 0 Å². The molecule has 0 amide bonds. The SMILES string of the molecule is CCc1cc(C2(C(=O)O)CCCC2)cc(C(C)C)c1OC. The minimum absolute atomic E-state index is 0.317. The fourth-order valence-corrected chi connectivity index (χ4v) is 3.53. The average molecular weight is 290 g/mol. The molecule has 1 N–H and O–H groups in total. The van der Waals surface area contributed by atoms with Crippen LogP contribution in [0, 0.1) is 0 Å². The van der Waals surface area contributed by atoms with Gasteiger partial charge in [-0.2, -0.15) is 0 Å². The molecule has 1 saturated carbocycles. The molecule has 0 aliphatic heterocycles. The van der Waals surface area contributed by atoms with E-state index in [-0.39, 0.29) is 0 Å². The highest BCUT2D eigenvalue weighted by Crippen LogP contribution is 2.44. The summed E-state index contributed by atoms with van der Waals surface area (Å²) in [6.07, 6.45) is 4.34. The van der Waals surface area contributed by atoms with Crippen LogP contribution in [0.15, 0.2) is 12.1 Å². The van der Waals surface area contributed by atoms with Gasteiger partial charge in [0, 0.05) is 0 Å². The van der Waals surface area contributed by atoms with Gasteiger partial charge in [-0.15, -0.1) is 0 Å². The Morgan fingerprint density at radius 1 is 1.33 bits per heavy atom. The Balaban J connectivity index is 2.64. The number of carboxylic acids is 1. The molecule has 0 aromatic heterocycles. The van der Waals surface area contributed by atoms with E-state index in [1.54, 1.807) is 7.11 Å². The van der Waals surface area contributed by atoms with Crippen LogP contribution < -0.4 is 4.74 Å². The Morgan fingerprint density at radius 3 is 2.38 bits per heavy atom. The van der Waals surface area contributed by atoms with E-state index in [9.17, 15) is 9.90 Å². The van der Waals surface area contributed by atoms with Gasteiger partial charge in [0.1, 0.15) is 5.75 Å². The zero-order chi connectivity index (χ0) is 15.6. The number of aryl methyl sites for hydroxylation is 1. The van der Waals surface area contributed by atoms with E-state index >= 15 is 0 Å². The van der Waals surface area contributed by atoms with Crippen molar-refractivity contribution < 1.29 is 14.6 Å². The van der Waals surface area contributed by atoms with E-state index in [2.05, 4.69) is 32.9 Å². The highest BCUT2D eigenvalue weighted by atomic mass is 16.5. The average Bonchev–Trinajstić information content (AvgIpc) is 2.96. The smallest absolute Gasteiger partial charge is 0.314 e. The van der Waals surface area contributed by atoms with Crippen molar-refractivity contribution in [3.8, 4) is 5.75 Å². The molecular weight excluding hydrogens is 264 g/mol. The number of hydrogen-bond acceptors (Lipinski definition) is 2. The molecule has 21 heavy (non-hydrogen) atoms. The zero-order valence-corrected chi connectivity index (χ0v) is 13.5. The highest BCUT2D eigenvalue weighted by molar-refractivity contribution is 5.82. The van der Waals surface area contributed by atoms with Crippen molar-refractivity contribution in [3.05, 3.63) is 28.8 Å². The molecule has 0 bridgehead atoms. The minimum Gasteiger partial charge on any atom is -0.496 e. The van der Waals surface area contributed by atoms with Crippen LogP contribution in [0.4, 0.5) is 0 Å². The van der Waals surface area contributed by atoms with Gasteiger partial charge in [-0.25, -0.2) is 0 Å². The van der Waals surface area contributed by atoms with Crippen LogP contribution >= 0.6 is 0 Å². The van der Waals surface area contributed by atoms with Crippen molar-refractivity contribution in [1.29, 1.82) is 0 Å². The maximum absolute atomic E-state index is 11.9. The van der Waals surface area contributed by atoms with E-state index in [1.165, 1.54) is 0 Å². The molecule has 116 valence electrons. The third-order valence-corrected chi connectivity index (χ3v) is 4.82. The standard InChI is InChI=1S/C18H26O3/c1-5-13-10-14(11-15(12(2)3)16(13)21-4)18(17(19)20)8-6-7-9-18/h10-12H,5-9H2,1-4H3,(H,19,20). The number of benzene rings is 1. The molecule has 3 nitrogen and oxygen atoms in total. The molecule has 1 aromatic rings. The molecule has 0 saturated heterocycles. The molecule has 1 aliphatic carbocycles. The van der Waals surface area contributed by atoms with Crippen LogP contribution in [-0.4, -0.2) is 18.2 Å². The van der Waals surface area contributed by atoms with Crippen LogP contribution in [0.25, 0.3) is 0 Å². The fourth-order valence-electron chi connectivity index (χ4n) is 3.53. The Morgan fingerprint density at radius 2 is 1.95 bits per heavy atom. The predicted molar refractivity (Wildman–Crippen MR) is 84.2 cm³/mol. The van der Waals surface area contributed by atoms with E-state index in [0.29, 0.717) is 5.92 Å². The summed E-state index contributed by atoms with van der Waals surface area (Å²) in [5, 5.41) is 9.81. The predicted octanol–water partition coefficient (Wildman–Crippen LogP) is 4.28. The van der Waals surface area contributed by atoms with Crippen molar-refractivity contribution in [2.45, 2.75) is 64.2 Å². The van der Waals surface area contributed by atoms with Gasteiger partial charge < -0.3 is 9.84 Å². The number of aliphatic carboxylic acids is 1. The second kappa shape index (κ2) is 6.08. The molecule has 1 aliphatic rings. The third kappa shape index (κ3) is 2.66. The monoisotopic (exact) mass is 290 g/mol. The summed E-state index contributed by atoms with van der Waals surface area (Å²) in [5.41, 5.74) is 2.51. The lowest BCUT2D eigenvalue weighted by molar-refractivity contribution is -0.143. The molecule has 1 aromatic carbocycles. The van der Waals surface area contributed by atoms with Gasteiger partial charge >= 0.3 is 5.97 Å². The van der Waals surface area contributed by atoms with Crippen LogP contribution in [-0.2, 0) is 16.6 Å². The molecule has 0 radical (unpaired) electrons. The number of carbonyl (C=O) groups is 1. The Kier molecular flexibility index (Phi) is 4.60. The van der Waals surface area contributed by atoms with Crippen molar-refractivity contribution in [1.82, 2.24) is 0 Å². The summed E-state index contributed by atoms with van der Waals surface area (Å²) in [7, 11) is 1.70. The summed E-state index contributed by atoms with van der Waals surface area (Å²) in [6.45, 7) is 6.35. The summed E-state index contributed by atoms with van der Waals surface area (Å²) >= 11 is 0. The maximum atomic E-state index is 11.9. The topological polar surface area (TPSA) is 46.5 Å². The maximum Gasteiger partial charge on any atom is 0.314 e. The second-order valence-electron chi connectivity index (χ2n) is 6.36. The lowest BCUT2D eigenvalue weighted by Crippen LogP contribution is -2.33. The van der Waals surface area contributed by atoms with Crippen molar-refractivity contribution in [3.63, 3.8) is 0 Å². The quantitative estimate of drug-likeness (QED) is 0.880. The van der Waals surface area contributed by atoms with Gasteiger partial charge in [0.05, 0.1) is 12.5 Å². The fraction of sp³-hybridized carbons (Fsp3) is 0.611. The highest BCUT2D eigenvalue weighted by Gasteiger charge is 2.43. The molecule has 0 spiro atoms. The molecule has 2 rings (SSSR count). The van der Waals surface area contributed by atoms with Gasteiger partial charge in [0.25, 0.3) is 0 Å². The van der Waals surface area contributed by atoms with Crippen LogP contribution in [0.1, 0.15) is 69.1 Å². The summed E-state index contributed by atoms with van der Waals surface area (Å²) in [5.74, 6) is 0.564. The Bertz CT molecular complexity index is 526. The van der Waals surface area contributed by atoms with Crippen LogP contribution in [0.2, 0.25) is 0 Å². The number of methoxy groups -OCH3 is 1. The van der Waals surface area contributed by atoms with Crippen LogP contribution in [0.3, 0.4) is 0 Å². The Labute approximate surface area is 127 Å². The lowest BCUT2D eigenvalue weighted by Gasteiger charge is -2.27. The first-order valence-corrected chi connectivity index (χ1v) is 7.91. The van der Waals surface area contributed by atoms with E-state index in [4.69, 9.17) is 4.74 Å². The normalized spacial score (nSPS) is 17.2. The summed E-state index contributed by atoms with van der Waals surface area (Å²) in [4.78, 5) is 11.9. The molecule has 3 heteroatoms. The minimum atomic E-state index is -0.695. The van der Waals surface area contributed by atoms with Crippen molar-refractivity contribution in [2.75, 3.05) is 7.11 Å². The Hall–Kier alpha value is -1.51.